The molecule has 2 aliphatic heterocycles. The SMILES string of the molecule is Cc1cc(S(=O)(=O)N2CCOCC2)ccc1OCC(=O)Nc1ccc(C(=O)N2CCN(C)CC2)cc1. The number of morpholine rings is 1. The number of anilines is 1. The Morgan fingerprint density at radius 3 is 2.28 bits per heavy atom. The second kappa shape index (κ2) is 11.4. The summed E-state index contributed by atoms with van der Waals surface area (Å²) < 4.78 is 37.9. The van der Waals surface area contributed by atoms with Crippen molar-refractivity contribution in [2.24, 2.45) is 0 Å². The van der Waals surface area contributed by atoms with Crippen LogP contribution in [0.4, 0.5) is 5.69 Å². The average Bonchev–Trinajstić information content (AvgIpc) is 2.89. The topological polar surface area (TPSA) is 108 Å². The first-order valence-corrected chi connectivity index (χ1v) is 13.4. The van der Waals surface area contributed by atoms with Gasteiger partial charge in [0.05, 0.1) is 18.1 Å². The van der Waals surface area contributed by atoms with Gasteiger partial charge < -0.3 is 24.6 Å². The van der Waals surface area contributed by atoms with Gasteiger partial charge in [0.25, 0.3) is 11.8 Å². The second-order valence-corrected chi connectivity index (χ2v) is 10.9. The third kappa shape index (κ3) is 6.22. The molecule has 2 fully saturated rings. The van der Waals surface area contributed by atoms with Gasteiger partial charge in [0, 0.05) is 50.5 Å². The lowest BCUT2D eigenvalue weighted by Crippen LogP contribution is -2.47. The summed E-state index contributed by atoms with van der Waals surface area (Å²) >= 11 is 0. The van der Waals surface area contributed by atoms with Crippen molar-refractivity contribution in [1.29, 1.82) is 0 Å². The molecule has 0 unspecified atom stereocenters. The molecule has 2 aromatic carbocycles. The van der Waals surface area contributed by atoms with E-state index in [1.54, 1.807) is 43.3 Å². The van der Waals surface area contributed by atoms with Crippen molar-refractivity contribution in [3.8, 4) is 5.75 Å². The molecule has 2 aliphatic rings. The maximum absolute atomic E-state index is 12.8. The van der Waals surface area contributed by atoms with Gasteiger partial charge in [-0.15, -0.1) is 0 Å². The lowest BCUT2D eigenvalue weighted by Gasteiger charge is -2.32. The van der Waals surface area contributed by atoms with Crippen LogP contribution in [-0.4, -0.2) is 100 Å². The molecule has 0 radical (unpaired) electrons. The van der Waals surface area contributed by atoms with Crippen LogP contribution in [0, 0.1) is 6.92 Å². The first-order chi connectivity index (χ1) is 17.2. The van der Waals surface area contributed by atoms with Crippen molar-refractivity contribution in [3.05, 3.63) is 53.6 Å². The number of nitrogens with one attached hydrogen (secondary N) is 1. The summed E-state index contributed by atoms with van der Waals surface area (Å²) in [4.78, 5) is 29.3. The van der Waals surface area contributed by atoms with Crippen LogP contribution in [0.3, 0.4) is 0 Å². The Bertz CT molecular complexity index is 1190. The second-order valence-electron chi connectivity index (χ2n) is 8.95. The summed E-state index contributed by atoms with van der Waals surface area (Å²) in [5, 5.41) is 2.75. The molecule has 0 bridgehead atoms. The van der Waals surface area contributed by atoms with Gasteiger partial charge in [-0.1, -0.05) is 0 Å². The molecule has 4 rings (SSSR count). The van der Waals surface area contributed by atoms with Crippen molar-refractivity contribution in [2.75, 3.05) is 71.5 Å². The van der Waals surface area contributed by atoms with Gasteiger partial charge in [-0.2, -0.15) is 4.31 Å². The van der Waals surface area contributed by atoms with Gasteiger partial charge in [-0.05, 0) is 62.0 Å². The van der Waals surface area contributed by atoms with E-state index in [4.69, 9.17) is 9.47 Å². The summed E-state index contributed by atoms with van der Waals surface area (Å²) in [5.74, 6) is 0.0515. The highest BCUT2D eigenvalue weighted by Gasteiger charge is 2.27. The van der Waals surface area contributed by atoms with Crippen molar-refractivity contribution >= 4 is 27.5 Å². The molecular weight excluding hydrogens is 484 g/mol. The van der Waals surface area contributed by atoms with Crippen molar-refractivity contribution in [1.82, 2.24) is 14.1 Å². The smallest absolute Gasteiger partial charge is 0.262 e. The number of ether oxygens (including phenoxy) is 2. The normalized spacial score (nSPS) is 17.6. The lowest BCUT2D eigenvalue weighted by atomic mass is 10.1. The zero-order valence-electron chi connectivity index (χ0n) is 20.6. The number of sulfonamides is 1. The van der Waals surface area contributed by atoms with E-state index in [2.05, 4.69) is 10.2 Å². The van der Waals surface area contributed by atoms with E-state index >= 15 is 0 Å². The Kier molecular flexibility index (Phi) is 8.24. The summed E-state index contributed by atoms with van der Waals surface area (Å²) in [7, 11) is -1.57. The molecule has 36 heavy (non-hydrogen) atoms. The summed E-state index contributed by atoms with van der Waals surface area (Å²) in [5.41, 5.74) is 1.75. The van der Waals surface area contributed by atoms with E-state index in [9.17, 15) is 18.0 Å². The fourth-order valence-electron chi connectivity index (χ4n) is 4.11. The number of aryl methyl sites for hydroxylation is 1. The Balaban J connectivity index is 1.30. The van der Waals surface area contributed by atoms with Crippen LogP contribution in [0.15, 0.2) is 47.4 Å². The number of nitrogens with zero attached hydrogens (tertiary/aromatic N) is 3. The quantitative estimate of drug-likeness (QED) is 0.593. The van der Waals surface area contributed by atoms with E-state index in [0.29, 0.717) is 62.0 Å². The molecule has 2 saturated heterocycles. The Hall–Kier alpha value is -2.99. The minimum absolute atomic E-state index is 0.0149. The minimum Gasteiger partial charge on any atom is -0.483 e. The number of amides is 2. The zero-order valence-corrected chi connectivity index (χ0v) is 21.4. The first-order valence-electron chi connectivity index (χ1n) is 11.9. The largest absolute Gasteiger partial charge is 0.483 e. The Morgan fingerprint density at radius 2 is 1.64 bits per heavy atom. The van der Waals surface area contributed by atoms with E-state index < -0.39 is 10.0 Å². The molecule has 0 atom stereocenters. The Labute approximate surface area is 211 Å². The standard InChI is InChI=1S/C25H32N4O6S/c1-19-17-22(36(32,33)29-13-15-34-16-14-29)7-8-23(19)35-18-24(30)26-21-5-3-20(4-6-21)25(31)28-11-9-27(2)10-12-28/h3-8,17H,9-16,18H2,1-2H3,(H,26,30). The average molecular weight is 517 g/mol. The first kappa shape index (κ1) is 26.1. The van der Waals surface area contributed by atoms with E-state index in [1.807, 2.05) is 11.9 Å². The van der Waals surface area contributed by atoms with Gasteiger partial charge in [0.2, 0.25) is 10.0 Å². The number of rotatable bonds is 7. The van der Waals surface area contributed by atoms with Crippen LogP contribution < -0.4 is 10.1 Å². The van der Waals surface area contributed by atoms with Gasteiger partial charge in [-0.25, -0.2) is 8.42 Å². The molecule has 2 amide bonds. The number of benzene rings is 2. The van der Waals surface area contributed by atoms with Crippen molar-refractivity contribution in [2.45, 2.75) is 11.8 Å². The lowest BCUT2D eigenvalue weighted by molar-refractivity contribution is -0.118. The minimum atomic E-state index is -3.60. The monoisotopic (exact) mass is 516 g/mol. The molecule has 11 heteroatoms. The van der Waals surface area contributed by atoms with E-state index in [1.165, 1.54) is 10.4 Å². The number of hydrogen-bond donors (Lipinski definition) is 1. The number of piperazine rings is 1. The van der Waals surface area contributed by atoms with Crippen LogP contribution in [0.25, 0.3) is 0 Å². The predicted molar refractivity (Wildman–Crippen MR) is 135 cm³/mol. The maximum Gasteiger partial charge on any atom is 0.262 e. The molecule has 0 spiro atoms. The van der Waals surface area contributed by atoms with Crippen molar-refractivity contribution < 1.29 is 27.5 Å². The van der Waals surface area contributed by atoms with Gasteiger partial charge >= 0.3 is 0 Å². The molecule has 2 aromatic rings. The van der Waals surface area contributed by atoms with Crippen LogP contribution in [0.5, 0.6) is 5.75 Å². The molecule has 194 valence electrons. The van der Waals surface area contributed by atoms with E-state index in [-0.39, 0.29) is 23.3 Å². The summed E-state index contributed by atoms with van der Waals surface area (Å²) in [6.07, 6.45) is 0. The van der Waals surface area contributed by atoms with Crippen LogP contribution in [0.1, 0.15) is 15.9 Å². The highest BCUT2D eigenvalue weighted by molar-refractivity contribution is 7.89. The fourth-order valence-corrected chi connectivity index (χ4v) is 5.60. The molecule has 0 saturated carbocycles. The van der Waals surface area contributed by atoms with Crippen LogP contribution in [-0.2, 0) is 19.6 Å². The number of likely N-dealkylation sites (N-methyl/N-ethyl adjacent to an activating group) is 1. The van der Waals surface area contributed by atoms with Gasteiger partial charge in [0.15, 0.2) is 6.61 Å². The predicted octanol–water partition coefficient (Wildman–Crippen LogP) is 1.42. The Morgan fingerprint density at radius 1 is 0.972 bits per heavy atom. The van der Waals surface area contributed by atoms with E-state index in [0.717, 1.165) is 13.1 Å². The third-order valence-electron chi connectivity index (χ3n) is 6.32. The molecule has 2 heterocycles. The number of carbonyl (C=O) groups excluding carboxylic acids is 2. The van der Waals surface area contributed by atoms with Crippen LogP contribution >= 0.6 is 0 Å². The highest BCUT2D eigenvalue weighted by atomic mass is 32.2. The molecule has 0 aliphatic carbocycles. The molecule has 0 aromatic heterocycles. The number of hydrogen-bond acceptors (Lipinski definition) is 7. The van der Waals surface area contributed by atoms with Gasteiger partial charge in [0.1, 0.15) is 5.75 Å². The number of carbonyl (C=O) groups is 2. The third-order valence-corrected chi connectivity index (χ3v) is 8.21. The fraction of sp³-hybridized carbons (Fsp3) is 0.440. The summed E-state index contributed by atoms with van der Waals surface area (Å²) in [6, 6.07) is 11.4. The molecule has 10 nitrogen and oxygen atoms in total. The zero-order chi connectivity index (χ0) is 25.7. The van der Waals surface area contributed by atoms with Crippen molar-refractivity contribution in [3.63, 3.8) is 0 Å². The van der Waals surface area contributed by atoms with Gasteiger partial charge in [-0.3, -0.25) is 9.59 Å². The highest BCUT2D eigenvalue weighted by Crippen LogP contribution is 2.24. The van der Waals surface area contributed by atoms with Crippen LogP contribution in [0.2, 0.25) is 0 Å². The molecular formula is C25H32N4O6S. The summed E-state index contributed by atoms with van der Waals surface area (Å²) in [6.45, 7) is 6.01. The maximum atomic E-state index is 12.8. The molecule has 1 N–H and O–H groups in total.